The average molecular weight is 482 g/mol. The highest BCUT2D eigenvalue weighted by atomic mass is 32.1. The van der Waals surface area contributed by atoms with E-state index in [-0.39, 0.29) is 12.2 Å². The molecule has 8 nitrogen and oxygen atoms in total. The number of rotatable bonds is 6. The molecule has 0 radical (unpaired) electrons. The molecule has 1 unspecified atom stereocenters. The van der Waals surface area contributed by atoms with E-state index in [1.165, 1.54) is 11.3 Å². The van der Waals surface area contributed by atoms with Crippen molar-refractivity contribution in [3.8, 4) is 11.5 Å². The lowest BCUT2D eigenvalue weighted by Crippen LogP contribution is -2.40. The van der Waals surface area contributed by atoms with E-state index in [2.05, 4.69) is 9.98 Å². The van der Waals surface area contributed by atoms with E-state index >= 15 is 0 Å². The fourth-order valence-electron chi connectivity index (χ4n) is 4.18. The molecule has 1 N–H and O–H groups in total. The van der Waals surface area contributed by atoms with Gasteiger partial charge in [-0.2, -0.15) is 0 Å². The van der Waals surface area contributed by atoms with Crippen molar-refractivity contribution in [1.82, 2.24) is 9.55 Å². The van der Waals surface area contributed by atoms with Crippen molar-refractivity contribution in [2.45, 2.75) is 33.7 Å². The van der Waals surface area contributed by atoms with Crippen molar-refractivity contribution in [3.63, 3.8) is 0 Å². The monoisotopic (exact) mass is 481 g/mol. The summed E-state index contributed by atoms with van der Waals surface area (Å²) in [4.78, 5) is 35.2. The Morgan fingerprint density at radius 3 is 2.59 bits per heavy atom. The normalized spacial score (nSPS) is 15.7. The Hall–Kier alpha value is -3.59. The second-order valence-corrected chi connectivity index (χ2v) is 8.95. The molecule has 0 amide bonds. The van der Waals surface area contributed by atoms with Crippen molar-refractivity contribution < 1.29 is 19.0 Å². The number of ether oxygens (including phenoxy) is 3. The van der Waals surface area contributed by atoms with Crippen LogP contribution in [0.1, 0.15) is 42.4 Å². The molecule has 1 aliphatic rings. The predicted octanol–water partition coefficient (Wildman–Crippen LogP) is 2.76. The number of thiazole rings is 1. The van der Waals surface area contributed by atoms with Crippen LogP contribution in [-0.2, 0) is 9.53 Å². The Labute approximate surface area is 200 Å². The first-order valence-electron chi connectivity index (χ1n) is 10.9. The van der Waals surface area contributed by atoms with Crippen LogP contribution in [-0.4, -0.2) is 36.3 Å². The molecule has 0 aliphatic carbocycles. The summed E-state index contributed by atoms with van der Waals surface area (Å²) in [6, 6.07) is 6.51. The Kier molecular flexibility index (Phi) is 6.47. The molecule has 3 heterocycles. The summed E-state index contributed by atoms with van der Waals surface area (Å²) < 4.78 is 18.5. The van der Waals surface area contributed by atoms with Gasteiger partial charge in [0.1, 0.15) is 17.5 Å². The van der Waals surface area contributed by atoms with Gasteiger partial charge in [0, 0.05) is 17.0 Å². The lowest BCUT2D eigenvalue weighted by atomic mass is 9.94. The molecule has 3 aromatic rings. The van der Waals surface area contributed by atoms with E-state index in [0.717, 1.165) is 17.0 Å². The molecular formula is C25H27N3O5S. The molecule has 0 saturated heterocycles. The first-order chi connectivity index (χ1) is 16.3. The van der Waals surface area contributed by atoms with Crippen LogP contribution in [0.2, 0.25) is 0 Å². The zero-order valence-electron chi connectivity index (χ0n) is 20.0. The molecule has 2 aromatic heterocycles. The lowest BCUT2D eigenvalue weighted by molar-refractivity contribution is -0.139. The molecule has 9 heteroatoms. The second kappa shape index (κ2) is 9.34. The molecular weight excluding hydrogens is 454 g/mol. The van der Waals surface area contributed by atoms with Gasteiger partial charge in [-0.15, -0.1) is 0 Å². The first-order valence-corrected chi connectivity index (χ1v) is 11.7. The Bertz CT molecular complexity index is 1470. The van der Waals surface area contributed by atoms with Gasteiger partial charge in [0.2, 0.25) is 0 Å². The number of allylic oxidation sites excluding steroid dienone is 1. The van der Waals surface area contributed by atoms with E-state index < -0.39 is 12.0 Å². The van der Waals surface area contributed by atoms with Crippen molar-refractivity contribution in [3.05, 3.63) is 77.7 Å². The number of carbonyl (C=O) groups is 1. The third-order valence-electron chi connectivity index (χ3n) is 5.72. The number of carbonyl (C=O) groups excluding carboxylic acids is 1. The van der Waals surface area contributed by atoms with Gasteiger partial charge in [-0.1, -0.05) is 11.3 Å². The van der Waals surface area contributed by atoms with E-state index in [1.807, 2.05) is 26.0 Å². The highest BCUT2D eigenvalue weighted by molar-refractivity contribution is 7.07. The number of methoxy groups -OCH3 is 2. The number of aryl methyl sites for hydroxylation is 2. The fourth-order valence-corrected chi connectivity index (χ4v) is 5.21. The van der Waals surface area contributed by atoms with Gasteiger partial charge in [-0.25, -0.2) is 9.79 Å². The molecule has 0 spiro atoms. The predicted molar refractivity (Wildman–Crippen MR) is 130 cm³/mol. The summed E-state index contributed by atoms with van der Waals surface area (Å²) >= 11 is 1.28. The number of nitrogens with zero attached hydrogens (tertiary/aromatic N) is 2. The molecule has 4 rings (SSSR count). The van der Waals surface area contributed by atoms with Crippen LogP contribution in [0.4, 0.5) is 0 Å². The van der Waals surface area contributed by atoms with E-state index in [0.29, 0.717) is 37.7 Å². The van der Waals surface area contributed by atoms with Gasteiger partial charge in [-0.3, -0.25) is 9.36 Å². The van der Waals surface area contributed by atoms with Crippen LogP contribution >= 0.6 is 11.3 Å². The van der Waals surface area contributed by atoms with Gasteiger partial charge in [0.15, 0.2) is 4.80 Å². The number of aromatic nitrogens is 2. The largest absolute Gasteiger partial charge is 0.497 e. The first kappa shape index (κ1) is 23.6. The van der Waals surface area contributed by atoms with Gasteiger partial charge in [0.25, 0.3) is 5.56 Å². The molecule has 0 fully saturated rings. The number of benzene rings is 1. The Balaban J connectivity index is 2.03. The smallest absolute Gasteiger partial charge is 0.338 e. The van der Waals surface area contributed by atoms with Crippen LogP contribution in [0.3, 0.4) is 0 Å². The Morgan fingerprint density at radius 2 is 1.97 bits per heavy atom. The number of nitrogens with one attached hydrogen (secondary N) is 1. The number of aromatic amines is 1. The standard InChI is InChI=1S/C25H27N3O5S/c1-7-33-24(30)21-15(4)27-25-28(22(21)18-12-17(31-5)8-9-19(18)32-6)23(29)20(34-25)11-16-10-13(2)26-14(16)3/h8-12,22,26H,7H2,1-6H3. The maximum absolute atomic E-state index is 13.7. The van der Waals surface area contributed by atoms with E-state index in [4.69, 9.17) is 14.2 Å². The minimum atomic E-state index is -0.781. The molecule has 0 bridgehead atoms. The van der Waals surface area contributed by atoms with Crippen molar-refractivity contribution in [2.75, 3.05) is 20.8 Å². The van der Waals surface area contributed by atoms with E-state index in [9.17, 15) is 9.59 Å². The average Bonchev–Trinajstić information content (AvgIpc) is 3.29. The third-order valence-corrected chi connectivity index (χ3v) is 6.71. The fraction of sp³-hybridized carbons (Fsp3) is 0.320. The van der Waals surface area contributed by atoms with Crippen LogP contribution in [0, 0.1) is 13.8 Å². The van der Waals surface area contributed by atoms with E-state index in [1.54, 1.807) is 50.8 Å². The minimum absolute atomic E-state index is 0.202. The summed E-state index contributed by atoms with van der Waals surface area (Å²) in [5.74, 6) is 0.577. The topological polar surface area (TPSA) is 94.9 Å². The number of esters is 1. The lowest BCUT2D eigenvalue weighted by Gasteiger charge is -2.26. The van der Waals surface area contributed by atoms with Gasteiger partial charge < -0.3 is 19.2 Å². The molecule has 178 valence electrons. The second-order valence-electron chi connectivity index (χ2n) is 7.94. The summed E-state index contributed by atoms with van der Waals surface area (Å²) in [5, 5.41) is 0. The third kappa shape index (κ3) is 4.07. The zero-order chi connectivity index (χ0) is 24.6. The molecule has 0 saturated carbocycles. The number of hydrogen-bond donors (Lipinski definition) is 1. The molecule has 1 aromatic carbocycles. The highest BCUT2D eigenvalue weighted by Crippen LogP contribution is 2.37. The molecule has 1 aliphatic heterocycles. The van der Waals surface area contributed by atoms with Crippen LogP contribution in [0.25, 0.3) is 6.08 Å². The highest BCUT2D eigenvalue weighted by Gasteiger charge is 2.35. The van der Waals surface area contributed by atoms with Gasteiger partial charge in [0.05, 0.1) is 36.6 Å². The van der Waals surface area contributed by atoms with Crippen molar-refractivity contribution >= 4 is 23.4 Å². The van der Waals surface area contributed by atoms with Crippen molar-refractivity contribution in [1.29, 1.82) is 0 Å². The quantitative estimate of drug-likeness (QED) is 0.547. The van der Waals surface area contributed by atoms with Crippen LogP contribution < -0.4 is 24.4 Å². The summed E-state index contributed by atoms with van der Waals surface area (Å²) in [5.41, 5.74) is 4.07. The van der Waals surface area contributed by atoms with Crippen molar-refractivity contribution in [2.24, 2.45) is 4.99 Å². The van der Waals surface area contributed by atoms with Crippen LogP contribution in [0.15, 0.2) is 45.3 Å². The summed E-state index contributed by atoms with van der Waals surface area (Å²) in [6.07, 6.45) is 1.85. The number of hydrogen-bond acceptors (Lipinski definition) is 7. The van der Waals surface area contributed by atoms with Gasteiger partial charge >= 0.3 is 5.97 Å². The molecule has 1 atom stereocenters. The number of H-pyrrole nitrogens is 1. The molecule has 34 heavy (non-hydrogen) atoms. The zero-order valence-corrected chi connectivity index (χ0v) is 20.8. The number of fused-ring (bicyclic) bond motifs is 1. The SMILES string of the molecule is CCOC(=O)C1=C(C)N=c2sc(=Cc3cc(C)[nH]c3C)c(=O)n2C1c1cc(OC)ccc1OC. The summed E-state index contributed by atoms with van der Waals surface area (Å²) in [6.45, 7) is 7.63. The maximum Gasteiger partial charge on any atom is 0.338 e. The summed E-state index contributed by atoms with van der Waals surface area (Å²) in [7, 11) is 3.11. The van der Waals surface area contributed by atoms with Gasteiger partial charge in [-0.05, 0) is 63.6 Å². The maximum atomic E-state index is 13.7. The van der Waals surface area contributed by atoms with Crippen LogP contribution in [0.5, 0.6) is 11.5 Å². The minimum Gasteiger partial charge on any atom is -0.497 e. The Morgan fingerprint density at radius 1 is 1.21 bits per heavy atom.